The van der Waals surface area contributed by atoms with E-state index in [1.54, 1.807) is 0 Å². The first kappa shape index (κ1) is 15.3. The highest BCUT2D eigenvalue weighted by Crippen LogP contribution is 2.15. The highest BCUT2D eigenvalue weighted by Gasteiger charge is 2.19. The van der Waals surface area contributed by atoms with Gasteiger partial charge in [0.25, 0.3) is 0 Å². The van der Waals surface area contributed by atoms with E-state index >= 15 is 0 Å². The Morgan fingerprint density at radius 2 is 1.94 bits per heavy atom. The summed E-state index contributed by atoms with van der Waals surface area (Å²) in [6, 6.07) is 0.120. The molecule has 4 heteroatoms. The Morgan fingerprint density at radius 3 is 2.50 bits per heavy atom. The van der Waals surface area contributed by atoms with Crippen LogP contribution < -0.4 is 5.32 Å². The van der Waals surface area contributed by atoms with Crippen molar-refractivity contribution in [1.29, 1.82) is 0 Å². The summed E-state index contributed by atoms with van der Waals surface area (Å²) in [4.78, 5) is 16.3. The fourth-order valence-electron chi connectivity index (χ4n) is 2.39. The average molecular weight is 255 g/mol. The highest BCUT2D eigenvalue weighted by atomic mass is 16.2. The molecule has 0 aromatic carbocycles. The number of hydrogen-bond donors (Lipinski definition) is 1. The van der Waals surface area contributed by atoms with E-state index in [2.05, 4.69) is 31.0 Å². The molecule has 1 aliphatic heterocycles. The number of urea groups is 1. The molecule has 0 aliphatic carbocycles. The van der Waals surface area contributed by atoms with Gasteiger partial charge in [0.05, 0.1) is 0 Å². The predicted octanol–water partition coefficient (Wildman–Crippen LogP) is 2.16. The Kier molecular flexibility index (Phi) is 7.09. The Morgan fingerprint density at radius 1 is 1.28 bits per heavy atom. The summed E-state index contributed by atoms with van der Waals surface area (Å²) in [5.74, 6) is 0.772. The fraction of sp³-hybridized carbons (Fsp3) is 0.929. The van der Waals surface area contributed by atoms with E-state index in [4.69, 9.17) is 0 Å². The van der Waals surface area contributed by atoms with Crippen LogP contribution in [0.1, 0.15) is 40.0 Å². The first-order valence-corrected chi connectivity index (χ1v) is 7.42. The molecule has 0 unspecified atom stereocenters. The normalized spacial score (nSPS) is 17.2. The number of hydrogen-bond acceptors (Lipinski definition) is 2. The van der Waals surface area contributed by atoms with Gasteiger partial charge in [-0.3, -0.25) is 0 Å². The van der Waals surface area contributed by atoms with Gasteiger partial charge >= 0.3 is 6.03 Å². The smallest absolute Gasteiger partial charge is 0.317 e. The zero-order valence-electron chi connectivity index (χ0n) is 12.2. The topological polar surface area (TPSA) is 35.6 Å². The van der Waals surface area contributed by atoms with Gasteiger partial charge in [-0.25, -0.2) is 4.79 Å². The van der Waals surface area contributed by atoms with Crippen LogP contribution in [0, 0.1) is 5.92 Å². The third-order valence-electron chi connectivity index (χ3n) is 3.76. The molecule has 0 atom stereocenters. The number of nitrogens with zero attached hydrogens (tertiary/aromatic N) is 2. The van der Waals surface area contributed by atoms with Gasteiger partial charge in [0.15, 0.2) is 0 Å². The molecule has 18 heavy (non-hydrogen) atoms. The third-order valence-corrected chi connectivity index (χ3v) is 3.76. The van der Waals surface area contributed by atoms with E-state index < -0.39 is 0 Å². The molecule has 1 fully saturated rings. The Hall–Kier alpha value is -0.770. The zero-order chi connectivity index (χ0) is 13.4. The van der Waals surface area contributed by atoms with Crippen LogP contribution in [0.2, 0.25) is 0 Å². The summed E-state index contributed by atoms with van der Waals surface area (Å²) in [5.41, 5.74) is 0. The van der Waals surface area contributed by atoms with Crippen molar-refractivity contribution in [3.63, 3.8) is 0 Å². The highest BCUT2D eigenvalue weighted by molar-refractivity contribution is 5.74. The van der Waals surface area contributed by atoms with Crippen molar-refractivity contribution >= 4 is 6.03 Å². The molecule has 1 rings (SSSR count). The second-order valence-corrected chi connectivity index (χ2v) is 5.34. The van der Waals surface area contributed by atoms with Crippen LogP contribution >= 0.6 is 0 Å². The second-order valence-electron chi connectivity index (χ2n) is 5.34. The van der Waals surface area contributed by atoms with Crippen LogP contribution in [-0.2, 0) is 0 Å². The van der Waals surface area contributed by atoms with E-state index in [0.717, 1.165) is 58.0 Å². The SMILES string of the molecule is CCCN(CC)CCNC(=O)N1CCC(C)CC1. The number of carbonyl (C=O) groups excluding carboxylic acids is 1. The van der Waals surface area contributed by atoms with Crippen molar-refractivity contribution in [3.05, 3.63) is 0 Å². The van der Waals surface area contributed by atoms with Crippen LogP contribution in [-0.4, -0.2) is 55.1 Å². The largest absolute Gasteiger partial charge is 0.337 e. The molecular weight excluding hydrogens is 226 g/mol. The van der Waals surface area contributed by atoms with Crippen molar-refractivity contribution in [2.24, 2.45) is 5.92 Å². The summed E-state index contributed by atoms with van der Waals surface area (Å²) in [5, 5.41) is 3.04. The van der Waals surface area contributed by atoms with Gasteiger partial charge < -0.3 is 15.1 Å². The lowest BCUT2D eigenvalue weighted by molar-refractivity contribution is 0.172. The summed E-state index contributed by atoms with van der Waals surface area (Å²) >= 11 is 0. The molecule has 0 aromatic heterocycles. The lowest BCUT2D eigenvalue weighted by Crippen LogP contribution is -2.46. The molecule has 1 N–H and O–H groups in total. The molecule has 0 spiro atoms. The number of carbonyl (C=O) groups is 1. The van der Waals surface area contributed by atoms with Gasteiger partial charge in [0.2, 0.25) is 0 Å². The molecule has 1 heterocycles. The molecule has 0 saturated carbocycles. The maximum absolute atomic E-state index is 11.9. The van der Waals surface area contributed by atoms with Crippen molar-refractivity contribution in [1.82, 2.24) is 15.1 Å². The van der Waals surface area contributed by atoms with E-state index in [9.17, 15) is 4.79 Å². The Bertz CT molecular complexity index is 237. The van der Waals surface area contributed by atoms with Gasteiger partial charge in [0.1, 0.15) is 0 Å². The van der Waals surface area contributed by atoms with E-state index in [1.807, 2.05) is 4.90 Å². The monoisotopic (exact) mass is 255 g/mol. The molecule has 1 saturated heterocycles. The van der Waals surface area contributed by atoms with Crippen LogP contribution in [0.3, 0.4) is 0 Å². The predicted molar refractivity (Wildman–Crippen MR) is 75.8 cm³/mol. The Balaban J connectivity index is 2.16. The molecule has 1 aliphatic rings. The summed E-state index contributed by atoms with van der Waals surface area (Å²) < 4.78 is 0. The molecule has 106 valence electrons. The molecule has 0 aromatic rings. The lowest BCUT2D eigenvalue weighted by atomic mass is 10.00. The molecular formula is C14H29N3O. The van der Waals surface area contributed by atoms with Gasteiger partial charge in [-0.2, -0.15) is 0 Å². The first-order valence-electron chi connectivity index (χ1n) is 7.42. The molecule has 2 amide bonds. The van der Waals surface area contributed by atoms with Gasteiger partial charge in [-0.05, 0) is 38.3 Å². The summed E-state index contributed by atoms with van der Waals surface area (Å²) in [6.07, 6.45) is 3.46. The second kappa shape index (κ2) is 8.35. The quantitative estimate of drug-likeness (QED) is 0.789. The zero-order valence-corrected chi connectivity index (χ0v) is 12.2. The average Bonchev–Trinajstić information content (AvgIpc) is 2.38. The number of amides is 2. The lowest BCUT2D eigenvalue weighted by Gasteiger charge is -2.30. The first-order chi connectivity index (χ1) is 8.67. The van der Waals surface area contributed by atoms with Gasteiger partial charge in [-0.15, -0.1) is 0 Å². The van der Waals surface area contributed by atoms with Crippen LogP contribution in [0.15, 0.2) is 0 Å². The molecule has 0 bridgehead atoms. The minimum absolute atomic E-state index is 0.120. The van der Waals surface area contributed by atoms with Gasteiger partial charge in [0, 0.05) is 26.2 Å². The van der Waals surface area contributed by atoms with Crippen LogP contribution in [0.4, 0.5) is 4.79 Å². The Labute approximate surface area is 112 Å². The number of nitrogens with one attached hydrogen (secondary N) is 1. The van der Waals surface area contributed by atoms with E-state index in [0.29, 0.717) is 0 Å². The molecule has 0 radical (unpaired) electrons. The minimum atomic E-state index is 0.120. The van der Waals surface area contributed by atoms with Crippen LogP contribution in [0.5, 0.6) is 0 Å². The number of piperidine rings is 1. The fourth-order valence-corrected chi connectivity index (χ4v) is 2.39. The van der Waals surface area contributed by atoms with Crippen LogP contribution in [0.25, 0.3) is 0 Å². The molecule has 4 nitrogen and oxygen atoms in total. The van der Waals surface area contributed by atoms with E-state index in [-0.39, 0.29) is 6.03 Å². The number of likely N-dealkylation sites (N-methyl/N-ethyl adjacent to an activating group) is 1. The maximum Gasteiger partial charge on any atom is 0.317 e. The van der Waals surface area contributed by atoms with Crippen molar-refractivity contribution in [3.8, 4) is 0 Å². The standard InChI is InChI=1S/C14H29N3O/c1-4-9-16(5-2)12-8-15-14(18)17-10-6-13(3)7-11-17/h13H,4-12H2,1-3H3,(H,15,18). The maximum atomic E-state index is 11.9. The van der Waals surface area contributed by atoms with Gasteiger partial charge in [-0.1, -0.05) is 20.8 Å². The number of likely N-dealkylation sites (tertiary alicyclic amines) is 1. The summed E-state index contributed by atoms with van der Waals surface area (Å²) in [7, 11) is 0. The number of rotatable bonds is 6. The minimum Gasteiger partial charge on any atom is -0.337 e. The summed E-state index contributed by atoms with van der Waals surface area (Å²) in [6.45, 7) is 12.4. The van der Waals surface area contributed by atoms with Crippen molar-refractivity contribution in [2.45, 2.75) is 40.0 Å². The van der Waals surface area contributed by atoms with Crippen molar-refractivity contribution in [2.75, 3.05) is 39.3 Å². The van der Waals surface area contributed by atoms with E-state index in [1.165, 1.54) is 6.42 Å². The third kappa shape index (κ3) is 5.25. The van der Waals surface area contributed by atoms with Crippen molar-refractivity contribution < 1.29 is 4.79 Å².